The molecule has 4 heteroatoms. The van der Waals surface area contributed by atoms with Crippen molar-refractivity contribution in [2.75, 3.05) is 18.5 Å². The van der Waals surface area contributed by atoms with Gasteiger partial charge in [-0.1, -0.05) is 13.8 Å². The molecule has 0 spiro atoms. The van der Waals surface area contributed by atoms with Gasteiger partial charge >= 0.3 is 0 Å². The molecule has 0 amide bonds. The molecule has 1 heterocycles. The van der Waals surface area contributed by atoms with Crippen molar-refractivity contribution in [3.05, 3.63) is 36.0 Å². The van der Waals surface area contributed by atoms with Crippen molar-refractivity contribution >= 4 is 5.95 Å². The van der Waals surface area contributed by atoms with Gasteiger partial charge < -0.3 is 10.1 Å². The van der Waals surface area contributed by atoms with Gasteiger partial charge in [-0.05, 0) is 50.1 Å². The number of rotatable bonds is 7. The van der Waals surface area contributed by atoms with Crippen LogP contribution in [0.2, 0.25) is 0 Å². The molecule has 21 heavy (non-hydrogen) atoms. The van der Waals surface area contributed by atoms with Crippen molar-refractivity contribution in [1.29, 1.82) is 0 Å². The Bertz CT molecular complexity index is 567. The van der Waals surface area contributed by atoms with Gasteiger partial charge in [-0.3, -0.25) is 0 Å². The molecule has 0 unspecified atom stereocenters. The average molecular weight is 285 g/mol. The van der Waals surface area contributed by atoms with Gasteiger partial charge in [0.1, 0.15) is 5.75 Å². The summed E-state index contributed by atoms with van der Waals surface area (Å²) in [4.78, 5) is 8.98. The molecule has 112 valence electrons. The summed E-state index contributed by atoms with van der Waals surface area (Å²) in [5.74, 6) is 1.59. The fourth-order valence-electron chi connectivity index (χ4n) is 1.97. The van der Waals surface area contributed by atoms with E-state index in [0.29, 0.717) is 5.95 Å². The summed E-state index contributed by atoms with van der Waals surface area (Å²) in [5, 5.41) is 3.24. The number of ether oxygens (including phenoxy) is 1. The van der Waals surface area contributed by atoms with E-state index in [0.717, 1.165) is 48.7 Å². The van der Waals surface area contributed by atoms with E-state index in [-0.39, 0.29) is 0 Å². The number of aryl methyl sites for hydroxylation is 1. The molecule has 1 N–H and O–H groups in total. The van der Waals surface area contributed by atoms with E-state index >= 15 is 0 Å². The first kappa shape index (κ1) is 15.3. The molecule has 0 fully saturated rings. The molecule has 0 aliphatic rings. The molecule has 0 atom stereocenters. The number of hydrogen-bond donors (Lipinski definition) is 1. The number of hydrogen-bond acceptors (Lipinski definition) is 4. The smallest absolute Gasteiger partial charge is 0.223 e. The lowest BCUT2D eigenvalue weighted by Crippen LogP contribution is -2.05. The molecule has 0 bridgehead atoms. The molecule has 0 radical (unpaired) electrons. The molecule has 0 saturated carbocycles. The van der Waals surface area contributed by atoms with Crippen LogP contribution in [0.15, 0.2) is 30.3 Å². The molecule has 1 aromatic heterocycles. The first-order valence-corrected chi connectivity index (χ1v) is 7.55. The Morgan fingerprint density at radius 3 is 2.48 bits per heavy atom. The maximum atomic E-state index is 5.60. The van der Waals surface area contributed by atoms with E-state index in [9.17, 15) is 0 Å². The maximum absolute atomic E-state index is 5.60. The second kappa shape index (κ2) is 7.62. The molecule has 0 aliphatic heterocycles. The highest BCUT2D eigenvalue weighted by molar-refractivity contribution is 5.61. The van der Waals surface area contributed by atoms with Gasteiger partial charge in [-0.2, -0.15) is 0 Å². The minimum Gasteiger partial charge on any atom is -0.494 e. The van der Waals surface area contributed by atoms with Crippen molar-refractivity contribution in [1.82, 2.24) is 9.97 Å². The van der Waals surface area contributed by atoms with Gasteiger partial charge in [-0.15, -0.1) is 0 Å². The summed E-state index contributed by atoms with van der Waals surface area (Å²) >= 11 is 0. The molecule has 2 aromatic rings. The zero-order valence-corrected chi connectivity index (χ0v) is 13.0. The third-order valence-electron chi connectivity index (χ3n) is 3.01. The number of benzene rings is 1. The fourth-order valence-corrected chi connectivity index (χ4v) is 1.97. The summed E-state index contributed by atoms with van der Waals surface area (Å²) in [6.45, 7) is 7.84. The Kier molecular flexibility index (Phi) is 5.55. The summed E-state index contributed by atoms with van der Waals surface area (Å²) in [6, 6.07) is 10.1. The predicted molar refractivity (Wildman–Crippen MR) is 86.8 cm³/mol. The molecule has 1 aromatic carbocycles. The normalized spacial score (nSPS) is 10.4. The Labute approximate surface area is 126 Å². The highest BCUT2D eigenvalue weighted by Crippen LogP contribution is 2.22. The Hall–Kier alpha value is -2.10. The van der Waals surface area contributed by atoms with E-state index in [4.69, 9.17) is 4.74 Å². The van der Waals surface area contributed by atoms with Crippen LogP contribution < -0.4 is 10.1 Å². The number of nitrogens with zero attached hydrogens (tertiary/aromatic N) is 2. The Morgan fingerprint density at radius 2 is 1.81 bits per heavy atom. The van der Waals surface area contributed by atoms with Crippen LogP contribution in [0.3, 0.4) is 0 Å². The van der Waals surface area contributed by atoms with Gasteiger partial charge in [0.05, 0.1) is 12.3 Å². The molecular weight excluding hydrogens is 262 g/mol. The van der Waals surface area contributed by atoms with Crippen LogP contribution in [0.1, 0.15) is 32.4 Å². The lowest BCUT2D eigenvalue weighted by molar-refractivity contribution is 0.317. The van der Waals surface area contributed by atoms with Crippen LogP contribution in [0.5, 0.6) is 5.75 Å². The Morgan fingerprint density at radius 1 is 1.05 bits per heavy atom. The maximum Gasteiger partial charge on any atom is 0.223 e. The zero-order valence-electron chi connectivity index (χ0n) is 13.0. The highest BCUT2D eigenvalue weighted by atomic mass is 16.5. The molecule has 0 saturated heterocycles. The van der Waals surface area contributed by atoms with E-state index in [1.54, 1.807) is 0 Å². The minimum absolute atomic E-state index is 0.693. The van der Waals surface area contributed by atoms with E-state index in [2.05, 4.69) is 29.1 Å². The van der Waals surface area contributed by atoms with Gasteiger partial charge in [0.25, 0.3) is 0 Å². The van der Waals surface area contributed by atoms with Crippen LogP contribution in [0.25, 0.3) is 11.3 Å². The molecule has 0 aliphatic carbocycles. The van der Waals surface area contributed by atoms with Crippen molar-refractivity contribution in [3.8, 4) is 17.0 Å². The van der Waals surface area contributed by atoms with Crippen molar-refractivity contribution in [2.24, 2.45) is 0 Å². The first-order chi connectivity index (χ1) is 10.2. The number of aromatic nitrogens is 2. The number of nitrogens with one attached hydrogen (secondary N) is 1. The van der Waals surface area contributed by atoms with E-state index in [1.807, 2.05) is 37.3 Å². The van der Waals surface area contributed by atoms with Crippen molar-refractivity contribution < 1.29 is 4.74 Å². The second-order valence-corrected chi connectivity index (χ2v) is 5.02. The van der Waals surface area contributed by atoms with Crippen LogP contribution >= 0.6 is 0 Å². The monoisotopic (exact) mass is 285 g/mol. The van der Waals surface area contributed by atoms with Gasteiger partial charge in [0.15, 0.2) is 0 Å². The lowest BCUT2D eigenvalue weighted by atomic mass is 10.1. The van der Waals surface area contributed by atoms with Crippen LogP contribution in [-0.4, -0.2) is 23.1 Å². The average Bonchev–Trinajstić information content (AvgIpc) is 2.51. The van der Waals surface area contributed by atoms with Crippen molar-refractivity contribution in [2.45, 2.75) is 33.6 Å². The SMILES string of the molecule is CCCNc1nc(C)cc(-c2ccc(OCCC)cc2)n1. The summed E-state index contributed by atoms with van der Waals surface area (Å²) in [7, 11) is 0. The predicted octanol–water partition coefficient (Wildman–Crippen LogP) is 4.06. The van der Waals surface area contributed by atoms with Crippen LogP contribution in [-0.2, 0) is 0 Å². The largest absolute Gasteiger partial charge is 0.494 e. The van der Waals surface area contributed by atoms with Crippen LogP contribution in [0.4, 0.5) is 5.95 Å². The summed E-state index contributed by atoms with van der Waals surface area (Å²) in [5.41, 5.74) is 2.97. The third kappa shape index (κ3) is 4.45. The molecule has 4 nitrogen and oxygen atoms in total. The molecule has 2 rings (SSSR count). The van der Waals surface area contributed by atoms with Gasteiger partial charge in [0.2, 0.25) is 5.95 Å². The van der Waals surface area contributed by atoms with E-state index in [1.165, 1.54) is 0 Å². The Balaban J connectivity index is 2.18. The summed E-state index contributed by atoms with van der Waals surface area (Å²) < 4.78 is 5.60. The summed E-state index contributed by atoms with van der Waals surface area (Å²) in [6.07, 6.45) is 2.06. The minimum atomic E-state index is 0.693. The lowest BCUT2D eigenvalue weighted by Gasteiger charge is -2.09. The fraction of sp³-hybridized carbons (Fsp3) is 0.412. The van der Waals surface area contributed by atoms with E-state index < -0.39 is 0 Å². The molecular formula is C17H23N3O. The second-order valence-electron chi connectivity index (χ2n) is 5.02. The highest BCUT2D eigenvalue weighted by Gasteiger charge is 2.05. The van der Waals surface area contributed by atoms with Crippen LogP contribution in [0, 0.1) is 6.92 Å². The third-order valence-corrected chi connectivity index (χ3v) is 3.01. The van der Waals surface area contributed by atoms with Gasteiger partial charge in [0, 0.05) is 17.8 Å². The van der Waals surface area contributed by atoms with Crippen molar-refractivity contribution in [3.63, 3.8) is 0 Å². The standard InChI is InChI=1S/C17H23N3O/c1-4-10-18-17-19-13(3)12-16(20-17)14-6-8-15(9-7-14)21-11-5-2/h6-9,12H,4-5,10-11H2,1-3H3,(H,18,19,20). The zero-order chi connectivity index (χ0) is 15.1. The van der Waals surface area contributed by atoms with Gasteiger partial charge in [-0.25, -0.2) is 9.97 Å². The quantitative estimate of drug-likeness (QED) is 0.833. The first-order valence-electron chi connectivity index (χ1n) is 7.55. The number of anilines is 1. The topological polar surface area (TPSA) is 47.0 Å².